The van der Waals surface area contributed by atoms with Crippen LogP contribution >= 0.6 is 15.9 Å². The van der Waals surface area contributed by atoms with Crippen LogP contribution < -0.4 is 5.73 Å². The lowest BCUT2D eigenvalue weighted by molar-refractivity contribution is 0.0686. The number of carbonyl (C=O) groups excluding carboxylic acids is 1. The van der Waals surface area contributed by atoms with Gasteiger partial charge in [0.05, 0.1) is 10.2 Å². The van der Waals surface area contributed by atoms with Crippen LogP contribution in [-0.2, 0) is 0 Å². The average Bonchev–Trinajstić information content (AvgIpc) is 2.96. The fourth-order valence-corrected chi connectivity index (χ4v) is 3.19. The van der Waals surface area contributed by atoms with Crippen LogP contribution in [0.3, 0.4) is 0 Å². The molecule has 0 saturated carbocycles. The van der Waals surface area contributed by atoms with Gasteiger partial charge in [0.2, 0.25) is 0 Å². The Morgan fingerprint density at radius 2 is 1.96 bits per heavy atom. The van der Waals surface area contributed by atoms with Crippen LogP contribution in [0.5, 0.6) is 0 Å². The highest BCUT2D eigenvalue weighted by atomic mass is 79.9. The number of amides is 1. The van der Waals surface area contributed by atoms with E-state index in [1.807, 2.05) is 4.90 Å². The molecule has 0 radical (unpaired) electrons. The van der Waals surface area contributed by atoms with E-state index in [-0.39, 0.29) is 11.7 Å². The van der Waals surface area contributed by atoms with Gasteiger partial charge < -0.3 is 10.6 Å². The van der Waals surface area contributed by atoms with Crippen molar-refractivity contribution in [2.24, 2.45) is 11.7 Å². The summed E-state index contributed by atoms with van der Waals surface area (Å²) in [5, 5.41) is 4.36. The largest absolute Gasteiger partial charge is 0.337 e. The molecule has 1 aromatic heterocycles. The third kappa shape index (κ3) is 3.45. The first kappa shape index (κ1) is 16.1. The summed E-state index contributed by atoms with van der Waals surface area (Å²) in [6.07, 6.45) is 3.57. The molecule has 5 nitrogen and oxygen atoms in total. The van der Waals surface area contributed by atoms with Gasteiger partial charge in [0.1, 0.15) is 5.82 Å². The highest BCUT2D eigenvalue weighted by Gasteiger charge is 2.26. The molecule has 2 N–H and O–H groups in total. The van der Waals surface area contributed by atoms with E-state index in [4.69, 9.17) is 5.73 Å². The molecule has 0 spiro atoms. The Morgan fingerprint density at radius 3 is 2.57 bits per heavy atom. The van der Waals surface area contributed by atoms with E-state index < -0.39 is 0 Å². The highest BCUT2D eigenvalue weighted by molar-refractivity contribution is 9.10. The second-order valence-electron chi connectivity index (χ2n) is 5.72. The molecule has 23 heavy (non-hydrogen) atoms. The smallest absolute Gasteiger partial charge is 0.275 e. The van der Waals surface area contributed by atoms with E-state index in [2.05, 4.69) is 21.0 Å². The number of piperidine rings is 1. The van der Waals surface area contributed by atoms with Gasteiger partial charge in [-0.2, -0.15) is 5.10 Å². The Kier molecular flexibility index (Phi) is 4.77. The van der Waals surface area contributed by atoms with E-state index in [0.29, 0.717) is 41.4 Å². The summed E-state index contributed by atoms with van der Waals surface area (Å²) in [6.45, 7) is 2.08. The Bertz CT molecular complexity index is 693. The van der Waals surface area contributed by atoms with Crippen LogP contribution in [0.25, 0.3) is 5.69 Å². The topological polar surface area (TPSA) is 64.2 Å². The van der Waals surface area contributed by atoms with E-state index >= 15 is 0 Å². The summed E-state index contributed by atoms with van der Waals surface area (Å²) in [5.41, 5.74) is 6.76. The van der Waals surface area contributed by atoms with Crippen LogP contribution in [0, 0.1) is 11.7 Å². The number of rotatable bonds is 3. The zero-order valence-electron chi connectivity index (χ0n) is 12.6. The van der Waals surface area contributed by atoms with E-state index in [1.165, 1.54) is 12.1 Å². The summed E-state index contributed by atoms with van der Waals surface area (Å²) in [6, 6.07) is 5.97. The zero-order chi connectivity index (χ0) is 16.4. The Hall–Kier alpha value is -1.73. The molecule has 3 rings (SSSR count). The van der Waals surface area contributed by atoms with Crippen LogP contribution in [0.15, 0.2) is 34.9 Å². The molecule has 1 aliphatic rings. The lowest BCUT2D eigenvalue weighted by atomic mass is 9.97. The number of halogens is 2. The molecule has 1 saturated heterocycles. The third-order valence-electron chi connectivity index (χ3n) is 4.20. The number of hydrogen-bond donors (Lipinski definition) is 1. The predicted octanol–water partition coefficient (Wildman–Crippen LogP) is 2.58. The maximum Gasteiger partial charge on any atom is 0.275 e. The van der Waals surface area contributed by atoms with Gasteiger partial charge in [-0.1, -0.05) is 0 Å². The van der Waals surface area contributed by atoms with Crippen molar-refractivity contribution >= 4 is 21.8 Å². The molecule has 0 atom stereocenters. The number of benzene rings is 1. The summed E-state index contributed by atoms with van der Waals surface area (Å²) >= 11 is 3.40. The Balaban J connectivity index is 1.78. The van der Waals surface area contributed by atoms with Crippen molar-refractivity contribution in [3.8, 4) is 5.69 Å². The molecule has 1 aliphatic heterocycles. The average molecular weight is 381 g/mol. The van der Waals surface area contributed by atoms with E-state index in [9.17, 15) is 9.18 Å². The van der Waals surface area contributed by atoms with Crippen LogP contribution in [-0.4, -0.2) is 40.2 Å². The summed E-state index contributed by atoms with van der Waals surface area (Å²) in [5.74, 6) is 0.103. The van der Waals surface area contributed by atoms with Crippen molar-refractivity contribution in [2.75, 3.05) is 19.6 Å². The quantitative estimate of drug-likeness (QED) is 0.889. The van der Waals surface area contributed by atoms with Crippen LogP contribution in [0.4, 0.5) is 4.39 Å². The van der Waals surface area contributed by atoms with Gasteiger partial charge in [0.25, 0.3) is 5.91 Å². The van der Waals surface area contributed by atoms with Crippen molar-refractivity contribution in [1.29, 1.82) is 0 Å². The number of likely N-dealkylation sites (tertiary alicyclic amines) is 1. The van der Waals surface area contributed by atoms with Gasteiger partial charge in [0, 0.05) is 19.3 Å². The second kappa shape index (κ2) is 6.80. The van der Waals surface area contributed by atoms with Crippen molar-refractivity contribution in [2.45, 2.75) is 12.8 Å². The first-order valence-corrected chi connectivity index (χ1v) is 8.38. The van der Waals surface area contributed by atoms with E-state index in [0.717, 1.165) is 12.8 Å². The monoisotopic (exact) mass is 380 g/mol. The molecular formula is C16H18BrFN4O. The van der Waals surface area contributed by atoms with Crippen LogP contribution in [0.1, 0.15) is 23.3 Å². The highest BCUT2D eigenvalue weighted by Crippen LogP contribution is 2.23. The molecule has 2 aromatic rings. The van der Waals surface area contributed by atoms with Crippen LogP contribution in [0.2, 0.25) is 0 Å². The summed E-state index contributed by atoms with van der Waals surface area (Å²) in [7, 11) is 0. The predicted molar refractivity (Wildman–Crippen MR) is 88.9 cm³/mol. The number of nitrogens with zero attached hydrogens (tertiary/aromatic N) is 3. The summed E-state index contributed by atoms with van der Waals surface area (Å²) in [4.78, 5) is 14.5. The number of hydrogen-bond acceptors (Lipinski definition) is 3. The van der Waals surface area contributed by atoms with E-state index in [1.54, 1.807) is 23.0 Å². The van der Waals surface area contributed by atoms with Gasteiger partial charge in [-0.05, 0) is 65.5 Å². The van der Waals surface area contributed by atoms with Gasteiger partial charge in [-0.15, -0.1) is 0 Å². The maximum atomic E-state index is 13.0. The summed E-state index contributed by atoms with van der Waals surface area (Å²) < 4.78 is 15.2. The second-order valence-corrected chi connectivity index (χ2v) is 6.57. The molecule has 0 aliphatic carbocycles. The van der Waals surface area contributed by atoms with Crippen molar-refractivity contribution in [1.82, 2.24) is 14.7 Å². The fraction of sp³-hybridized carbons (Fsp3) is 0.375. The Morgan fingerprint density at radius 1 is 1.30 bits per heavy atom. The first-order valence-electron chi connectivity index (χ1n) is 7.59. The molecule has 1 fully saturated rings. The molecular weight excluding hydrogens is 363 g/mol. The lowest BCUT2D eigenvalue weighted by Gasteiger charge is -2.30. The van der Waals surface area contributed by atoms with Gasteiger partial charge in [-0.3, -0.25) is 4.79 Å². The standard InChI is InChI=1S/C16H18BrFN4O/c17-14-10-22(13-3-1-12(18)2-4-13)20-15(14)16(23)21-7-5-11(9-19)6-8-21/h1-4,10-11H,5-9,19H2. The third-order valence-corrected chi connectivity index (χ3v) is 4.78. The molecule has 0 unspecified atom stereocenters. The van der Waals surface area contributed by atoms with Gasteiger partial charge >= 0.3 is 0 Å². The number of carbonyl (C=O) groups is 1. The van der Waals surface area contributed by atoms with Crippen molar-refractivity contribution in [3.05, 3.63) is 46.4 Å². The fourth-order valence-electron chi connectivity index (χ4n) is 2.75. The maximum absolute atomic E-state index is 13.0. The van der Waals surface area contributed by atoms with Gasteiger partial charge in [0.15, 0.2) is 5.69 Å². The number of aromatic nitrogens is 2. The van der Waals surface area contributed by atoms with Gasteiger partial charge in [-0.25, -0.2) is 9.07 Å². The normalized spacial score (nSPS) is 15.9. The minimum Gasteiger partial charge on any atom is -0.337 e. The minimum atomic E-state index is -0.306. The molecule has 2 heterocycles. The lowest BCUT2D eigenvalue weighted by Crippen LogP contribution is -2.40. The molecule has 1 amide bonds. The molecule has 122 valence electrons. The molecule has 1 aromatic carbocycles. The zero-order valence-corrected chi connectivity index (χ0v) is 14.2. The first-order chi connectivity index (χ1) is 11.1. The Labute approximate surface area is 142 Å². The minimum absolute atomic E-state index is 0.0896. The van der Waals surface area contributed by atoms with Crippen molar-refractivity contribution < 1.29 is 9.18 Å². The SMILES string of the molecule is NCC1CCN(C(=O)c2nn(-c3ccc(F)cc3)cc2Br)CC1. The molecule has 0 bridgehead atoms. The molecule has 7 heteroatoms. The van der Waals surface area contributed by atoms with Crippen molar-refractivity contribution in [3.63, 3.8) is 0 Å². The number of nitrogens with two attached hydrogens (primary N) is 1.